The second-order valence-electron chi connectivity index (χ2n) is 8.94. The molecular formula is C26H30F6O. The largest absolute Gasteiger partial charge is 0.386 e. The van der Waals surface area contributed by atoms with Gasteiger partial charge in [0.05, 0.1) is 12.2 Å². The number of ether oxygens (including phenoxy) is 1. The summed E-state index contributed by atoms with van der Waals surface area (Å²) in [6, 6.07) is 5.18. The maximum absolute atomic E-state index is 14.6. The van der Waals surface area contributed by atoms with Gasteiger partial charge in [-0.2, -0.15) is 8.78 Å². The molecule has 0 unspecified atom stereocenters. The van der Waals surface area contributed by atoms with Crippen LogP contribution in [0.2, 0.25) is 0 Å². The average molecular weight is 473 g/mol. The normalized spacial score (nSPS) is 19.1. The van der Waals surface area contributed by atoms with Crippen molar-refractivity contribution in [1.29, 1.82) is 0 Å². The van der Waals surface area contributed by atoms with E-state index in [0.717, 1.165) is 37.3 Å². The van der Waals surface area contributed by atoms with E-state index in [1.807, 2.05) is 0 Å². The molecule has 0 aromatic heterocycles. The van der Waals surface area contributed by atoms with Crippen molar-refractivity contribution in [1.82, 2.24) is 0 Å². The van der Waals surface area contributed by atoms with Crippen LogP contribution in [0.1, 0.15) is 80.9 Å². The van der Waals surface area contributed by atoms with Gasteiger partial charge >= 0.3 is 6.11 Å². The maximum Gasteiger partial charge on any atom is 0.386 e. The molecule has 3 rings (SSSR count). The standard InChI is InChI=1S/C26H30F6O/c1-2-3-4-5-17-6-8-19(9-7-17)20-10-11-21(22(27)16-20)26(31,32)33-13-12-18-14-23(28)25(30)24(29)15-18/h10-11,14-17,19H,2-9,12-13H2,1H3/t17-,19-. The third kappa shape index (κ3) is 6.75. The highest BCUT2D eigenvalue weighted by atomic mass is 19.3. The van der Waals surface area contributed by atoms with Crippen molar-refractivity contribution in [3.63, 3.8) is 0 Å². The van der Waals surface area contributed by atoms with E-state index < -0.39 is 41.5 Å². The lowest BCUT2D eigenvalue weighted by Gasteiger charge is -2.29. The summed E-state index contributed by atoms with van der Waals surface area (Å²) in [6.45, 7) is 1.55. The van der Waals surface area contributed by atoms with Crippen LogP contribution in [-0.2, 0) is 17.3 Å². The molecule has 1 aliphatic carbocycles. The molecule has 0 spiro atoms. The minimum absolute atomic E-state index is 0.0386. The number of hydrogen-bond donors (Lipinski definition) is 0. The molecule has 0 heterocycles. The third-order valence-electron chi connectivity index (χ3n) is 6.56. The molecule has 0 aliphatic heterocycles. The summed E-state index contributed by atoms with van der Waals surface area (Å²) in [5, 5.41) is 0. The summed E-state index contributed by atoms with van der Waals surface area (Å²) in [7, 11) is 0. The van der Waals surface area contributed by atoms with Crippen molar-refractivity contribution in [2.45, 2.75) is 76.7 Å². The zero-order chi connectivity index (χ0) is 24.0. The van der Waals surface area contributed by atoms with Crippen LogP contribution in [0.5, 0.6) is 0 Å². The Hall–Kier alpha value is -2.02. The monoisotopic (exact) mass is 472 g/mol. The van der Waals surface area contributed by atoms with Crippen molar-refractivity contribution >= 4 is 0 Å². The van der Waals surface area contributed by atoms with Gasteiger partial charge in [-0.05, 0) is 79.3 Å². The van der Waals surface area contributed by atoms with Gasteiger partial charge in [-0.1, -0.05) is 38.7 Å². The highest BCUT2D eigenvalue weighted by molar-refractivity contribution is 5.29. The van der Waals surface area contributed by atoms with Crippen LogP contribution in [0.3, 0.4) is 0 Å². The van der Waals surface area contributed by atoms with Gasteiger partial charge in [0.15, 0.2) is 17.5 Å². The van der Waals surface area contributed by atoms with Crippen molar-refractivity contribution < 1.29 is 31.1 Å². The molecule has 2 aromatic rings. The molecule has 33 heavy (non-hydrogen) atoms. The zero-order valence-electron chi connectivity index (χ0n) is 18.8. The van der Waals surface area contributed by atoms with Crippen molar-refractivity contribution in [2.24, 2.45) is 5.92 Å². The maximum atomic E-state index is 14.6. The van der Waals surface area contributed by atoms with Gasteiger partial charge in [0.2, 0.25) is 0 Å². The number of alkyl halides is 2. The molecule has 0 saturated heterocycles. The number of rotatable bonds is 10. The highest BCUT2D eigenvalue weighted by Gasteiger charge is 2.36. The van der Waals surface area contributed by atoms with Crippen LogP contribution in [0.25, 0.3) is 0 Å². The summed E-state index contributed by atoms with van der Waals surface area (Å²) >= 11 is 0. The molecule has 0 radical (unpaired) electrons. The molecule has 0 amide bonds. The van der Waals surface area contributed by atoms with Crippen LogP contribution >= 0.6 is 0 Å². The average Bonchev–Trinajstić information content (AvgIpc) is 2.77. The van der Waals surface area contributed by atoms with Crippen molar-refractivity contribution in [2.75, 3.05) is 6.61 Å². The van der Waals surface area contributed by atoms with Crippen LogP contribution in [0.15, 0.2) is 30.3 Å². The third-order valence-corrected chi connectivity index (χ3v) is 6.56. The fourth-order valence-electron chi connectivity index (χ4n) is 4.62. The molecule has 182 valence electrons. The highest BCUT2D eigenvalue weighted by Crippen LogP contribution is 2.39. The number of unbranched alkanes of at least 4 members (excludes halogenated alkanes) is 2. The van der Waals surface area contributed by atoms with Gasteiger partial charge in [-0.3, -0.25) is 0 Å². The molecule has 1 aliphatic rings. The van der Waals surface area contributed by atoms with E-state index in [1.165, 1.54) is 37.8 Å². The van der Waals surface area contributed by atoms with Gasteiger partial charge in [-0.25, -0.2) is 17.6 Å². The van der Waals surface area contributed by atoms with E-state index >= 15 is 0 Å². The topological polar surface area (TPSA) is 9.23 Å². The Balaban J connectivity index is 1.56. The summed E-state index contributed by atoms with van der Waals surface area (Å²) in [5.74, 6) is -4.63. The lowest BCUT2D eigenvalue weighted by atomic mass is 9.77. The first kappa shape index (κ1) is 25.6. The second-order valence-corrected chi connectivity index (χ2v) is 8.94. The van der Waals surface area contributed by atoms with Gasteiger partial charge in [-0.15, -0.1) is 0 Å². The van der Waals surface area contributed by atoms with Gasteiger partial charge < -0.3 is 4.74 Å². The first-order valence-electron chi connectivity index (χ1n) is 11.7. The minimum atomic E-state index is -3.91. The van der Waals surface area contributed by atoms with E-state index in [9.17, 15) is 26.3 Å². The van der Waals surface area contributed by atoms with Gasteiger partial charge in [0, 0.05) is 0 Å². The van der Waals surface area contributed by atoms with Crippen LogP contribution in [-0.4, -0.2) is 6.61 Å². The van der Waals surface area contributed by atoms with E-state index in [1.54, 1.807) is 0 Å². The Morgan fingerprint density at radius 1 is 0.879 bits per heavy atom. The molecule has 1 nitrogen and oxygen atoms in total. The van der Waals surface area contributed by atoms with Crippen molar-refractivity contribution in [3.05, 3.63) is 70.3 Å². The van der Waals surface area contributed by atoms with Crippen LogP contribution in [0, 0.1) is 29.2 Å². The molecule has 1 fully saturated rings. The van der Waals surface area contributed by atoms with E-state index in [2.05, 4.69) is 11.7 Å². The fourth-order valence-corrected chi connectivity index (χ4v) is 4.62. The molecule has 0 N–H and O–H groups in total. The first-order valence-corrected chi connectivity index (χ1v) is 11.7. The smallest absolute Gasteiger partial charge is 0.316 e. The van der Waals surface area contributed by atoms with Crippen LogP contribution < -0.4 is 0 Å². The second kappa shape index (κ2) is 11.4. The summed E-state index contributed by atoms with van der Waals surface area (Å²) in [4.78, 5) is 0. The molecular weight excluding hydrogens is 442 g/mol. The Kier molecular flexibility index (Phi) is 8.85. The van der Waals surface area contributed by atoms with E-state index in [-0.39, 0.29) is 17.9 Å². The molecule has 1 saturated carbocycles. The summed E-state index contributed by atoms with van der Waals surface area (Å²) in [6.07, 6.45) is 4.68. The molecule has 2 aromatic carbocycles. The minimum Gasteiger partial charge on any atom is -0.316 e. The summed E-state index contributed by atoms with van der Waals surface area (Å²) < 4.78 is 87.5. The number of hydrogen-bond acceptors (Lipinski definition) is 1. The van der Waals surface area contributed by atoms with Gasteiger partial charge in [0.25, 0.3) is 0 Å². The first-order chi connectivity index (χ1) is 15.7. The van der Waals surface area contributed by atoms with Gasteiger partial charge in [0.1, 0.15) is 5.82 Å². The molecule has 0 bridgehead atoms. The quantitative estimate of drug-likeness (QED) is 0.192. The van der Waals surface area contributed by atoms with Crippen molar-refractivity contribution in [3.8, 4) is 0 Å². The Labute approximate surface area is 191 Å². The lowest BCUT2D eigenvalue weighted by Crippen LogP contribution is -2.22. The predicted octanol–water partition coefficient (Wildman–Crippen LogP) is 8.41. The zero-order valence-corrected chi connectivity index (χ0v) is 18.8. The lowest BCUT2D eigenvalue weighted by molar-refractivity contribution is -0.249. The number of halogens is 6. The Bertz CT molecular complexity index is 898. The SMILES string of the molecule is CCCCC[C@H]1CC[C@H](c2ccc(C(F)(F)OCCc3cc(F)c(F)c(F)c3)c(F)c2)CC1. The molecule has 7 heteroatoms. The molecule has 0 atom stereocenters. The Morgan fingerprint density at radius 2 is 1.55 bits per heavy atom. The summed E-state index contributed by atoms with van der Waals surface area (Å²) in [5.41, 5.74) is -0.199. The number of benzene rings is 2. The van der Waals surface area contributed by atoms with E-state index in [0.29, 0.717) is 18.1 Å². The predicted molar refractivity (Wildman–Crippen MR) is 115 cm³/mol. The Morgan fingerprint density at radius 3 is 2.15 bits per heavy atom. The van der Waals surface area contributed by atoms with E-state index in [4.69, 9.17) is 0 Å². The van der Waals surface area contributed by atoms with Crippen LogP contribution in [0.4, 0.5) is 26.3 Å². The fraction of sp³-hybridized carbons (Fsp3) is 0.538.